The number of aliphatic hydroxyl groups excluding tert-OH is 1. The van der Waals surface area contributed by atoms with Gasteiger partial charge in [0.2, 0.25) is 5.91 Å². The van der Waals surface area contributed by atoms with E-state index in [0.29, 0.717) is 19.7 Å². The van der Waals surface area contributed by atoms with Gasteiger partial charge in [0.1, 0.15) is 6.04 Å². The highest BCUT2D eigenvalue weighted by molar-refractivity contribution is 5.84. The van der Waals surface area contributed by atoms with Gasteiger partial charge in [-0.2, -0.15) is 0 Å². The predicted octanol–water partition coefficient (Wildman–Crippen LogP) is 0.341. The molecular formula is C15H22N2O3. The molecule has 0 spiro atoms. The molecule has 5 heteroatoms. The summed E-state index contributed by atoms with van der Waals surface area (Å²) in [6.07, 6.45) is 0.942. The van der Waals surface area contributed by atoms with Gasteiger partial charge < -0.3 is 20.1 Å². The first-order valence-corrected chi connectivity index (χ1v) is 6.97. The first-order valence-electron chi connectivity index (χ1n) is 6.97. The Labute approximate surface area is 119 Å². The smallest absolute Gasteiger partial charge is 0.244 e. The highest BCUT2D eigenvalue weighted by Crippen LogP contribution is 2.24. The largest absolute Gasteiger partial charge is 0.395 e. The Morgan fingerprint density at radius 3 is 3.00 bits per heavy atom. The Kier molecular flexibility index (Phi) is 5.52. The predicted molar refractivity (Wildman–Crippen MR) is 76.4 cm³/mol. The van der Waals surface area contributed by atoms with E-state index < -0.39 is 0 Å². The molecule has 0 radical (unpaired) electrons. The summed E-state index contributed by atoms with van der Waals surface area (Å²) in [5, 5.41) is 12.4. The van der Waals surface area contributed by atoms with Gasteiger partial charge in [0.15, 0.2) is 0 Å². The van der Waals surface area contributed by atoms with Crippen LogP contribution in [0.15, 0.2) is 24.3 Å². The van der Waals surface area contributed by atoms with Crippen molar-refractivity contribution in [2.75, 3.05) is 40.0 Å². The van der Waals surface area contributed by atoms with Crippen molar-refractivity contribution in [1.29, 1.82) is 0 Å². The maximum Gasteiger partial charge on any atom is 0.244 e. The van der Waals surface area contributed by atoms with Crippen molar-refractivity contribution in [3.8, 4) is 0 Å². The number of rotatable bonds is 6. The molecule has 1 aliphatic heterocycles. The van der Waals surface area contributed by atoms with Gasteiger partial charge >= 0.3 is 0 Å². The van der Waals surface area contributed by atoms with Gasteiger partial charge in [0.05, 0.1) is 13.2 Å². The Morgan fingerprint density at radius 2 is 2.25 bits per heavy atom. The van der Waals surface area contributed by atoms with Gasteiger partial charge in [-0.25, -0.2) is 0 Å². The van der Waals surface area contributed by atoms with Crippen molar-refractivity contribution in [1.82, 2.24) is 10.2 Å². The summed E-state index contributed by atoms with van der Waals surface area (Å²) >= 11 is 0. The third-order valence-corrected chi connectivity index (χ3v) is 3.60. The third kappa shape index (κ3) is 3.36. The molecule has 1 amide bonds. The Balaban J connectivity index is 2.15. The summed E-state index contributed by atoms with van der Waals surface area (Å²) < 4.78 is 5.03. The zero-order valence-corrected chi connectivity index (χ0v) is 11.8. The Morgan fingerprint density at radius 1 is 1.45 bits per heavy atom. The highest BCUT2D eigenvalue weighted by Gasteiger charge is 2.29. The molecule has 2 N–H and O–H groups in total. The second-order valence-electron chi connectivity index (χ2n) is 4.88. The highest BCUT2D eigenvalue weighted by atomic mass is 16.5. The van der Waals surface area contributed by atoms with Crippen LogP contribution in [0.5, 0.6) is 0 Å². The van der Waals surface area contributed by atoms with Crippen molar-refractivity contribution in [2.24, 2.45) is 0 Å². The van der Waals surface area contributed by atoms with Crippen LogP contribution in [0.2, 0.25) is 0 Å². The zero-order chi connectivity index (χ0) is 14.4. The molecule has 5 nitrogen and oxygen atoms in total. The van der Waals surface area contributed by atoms with E-state index in [1.807, 2.05) is 18.2 Å². The number of hydrogen-bond acceptors (Lipinski definition) is 4. The fourth-order valence-corrected chi connectivity index (χ4v) is 2.56. The number of amides is 1. The molecule has 1 aromatic rings. The van der Waals surface area contributed by atoms with Crippen LogP contribution in [0, 0.1) is 0 Å². The molecular weight excluding hydrogens is 256 g/mol. The number of fused-ring (bicyclic) bond motifs is 1. The first kappa shape index (κ1) is 15.0. The summed E-state index contributed by atoms with van der Waals surface area (Å²) in [4.78, 5) is 14.3. The van der Waals surface area contributed by atoms with Crippen molar-refractivity contribution < 1.29 is 14.6 Å². The van der Waals surface area contributed by atoms with E-state index in [4.69, 9.17) is 9.84 Å². The van der Waals surface area contributed by atoms with Crippen LogP contribution in [0.3, 0.4) is 0 Å². The molecule has 1 atom stereocenters. The normalized spacial score (nSPS) is 17.6. The van der Waals surface area contributed by atoms with Gasteiger partial charge in [-0.05, 0) is 17.5 Å². The molecule has 2 rings (SSSR count). The lowest BCUT2D eigenvalue weighted by Crippen LogP contribution is -2.45. The zero-order valence-electron chi connectivity index (χ0n) is 11.8. The van der Waals surface area contributed by atoms with Gasteiger partial charge in [0.25, 0.3) is 0 Å². The van der Waals surface area contributed by atoms with Gasteiger partial charge in [-0.15, -0.1) is 0 Å². The van der Waals surface area contributed by atoms with Crippen molar-refractivity contribution in [3.05, 3.63) is 35.4 Å². The topological polar surface area (TPSA) is 61.8 Å². The molecule has 110 valence electrons. The molecule has 0 saturated carbocycles. The lowest BCUT2D eigenvalue weighted by atomic mass is 9.93. The minimum atomic E-state index is -0.316. The van der Waals surface area contributed by atoms with Gasteiger partial charge in [0, 0.05) is 26.7 Å². The lowest BCUT2D eigenvalue weighted by Gasteiger charge is -2.31. The van der Waals surface area contributed by atoms with Gasteiger partial charge in [-0.3, -0.25) is 4.79 Å². The Bertz CT molecular complexity index is 450. The molecule has 1 unspecified atom stereocenters. The van der Waals surface area contributed by atoms with Crippen LogP contribution in [0.1, 0.15) is 17.2 Å². The number of nitrogens with one attached hydrogen (secondary N) is 1. The van der Waals surface area contributed by atoms with E-state index >= 15 is 0 Å². The number of carbonyl (C=O) groups excluding carboxylic acids is 1. The minimum absolute atomic E-state index is 0.00301. The first-order chi connectivity index (χ1) is 9.77. The number of methoxy groups -OCH3 is 1. The summed E-state index contributed by atoms with van der Waals surface area (Å²) in [5.41, 5.74) is 2.27. The molecule has 0 aliphatic carbocycles. The average Bonchev–Trinajstić information content (AvgIpc) is 2.50. The van der Waals surface area contributed by atoms with Crippen molar-refractivity contribution in [3.63, 3.8) is 0 Å². The van der Waals surface area contributed by atoms with Crippen molar-refractivity contribution >= 4 is 5.91 Å². The number of ether oxygens (including phenoxy) is 1. The van der Waals surface area contributed by atoms with Crippen molar-refractivity contribution in [2.45, 2.75) is 12.5 Å². The molecule has 0 bridgehead atoms. The van der Waals surface area contributed by atoms with E-state index in [-0.39, 0.29) is 18.6 Å². The standard InChI is InChI=1S/C15H22N2O3/c1-20-11-9-17(8-10-18)15(19)14-13-5-3-2-4-12(13)6-7-16-14/h2-5,14,16,18H,6-11H2,1H3. The maximum atomic E-state index is 12.7. The number of benzene rings is 1. The monoisotopic (exact) mass is 278 g/mol. The molecule has 20 heavy (non-hydrogen) atoms. The van der Waals surface area contributed by atoms with Crippen LogP contribution in [-0.2, 0) is 16.0 Å². The van der Waals surface area contributed by atoms with E-state index in [2.05, 4.69) is 11.4 Å². The quantitative estimate of drug-likeness (QED) is 0.788. The fraction of sp³-hybridized carbons (Fsp3) is 0.533. The van der Waals surface area contributed by atoms with Crippen LogP contribution in [-0.4, -0.2) is 55.9 Å². The molecule has 0 aromatic heterocycles. The molecule has 0 fully saturated rings. The van der Waals surface area contributed by atoms with E-state index in [1.165, 1.54) is 5.56 Å². The number of nitrogens with zero attached hydrogens (tertiary/aromatic N) is 1. The van der Waals surface area contributed by atoms with Crippen LogP contribution >= 0.6 is 0 Å². The van der Waals surface area contributed by atoms with E-state index in [9.17, 15) is 4.79 Å². The van der Waals surface area contributed by atoms with Crippen LogP contribution in [0.25, 0.3) is 0 Å². The average molecular weight is 278 g/mol. The van der Waals surface area contributed by atoms with Crippen LogP contribution in [0.4, 0.5) is 0 Å². The summed E-state index contributed by atoms with van der Waals surface area (Å²) in [5.74, 6) is 0.00301. The summed E-state index contributed by atoms with van der Waals surface area (Å²) in [6, 6.07) is 7.71. The summed E-state index contributed by atoms with van der Waals surface area (Å²) in [7, 11) is 1.61. The van der Waals surface area contributed by atoms with E-state index in [1.54, 1.807) is 12.0 Å². The SMILES string of the molecule is COCCN(CCO)C(=O)C1NCCc2ccccc21. The molecule has 0 saturated heterocycles. The second-order valence-corrected chi connectivity index (χ2v) is 4.88. The fourth-order valence-electron chi connectivity index (χ4n) is 2.56. The van der Waals surface area contributed by atoms with Crippen LogP contribution < -0.4 is 5.32 Å². The molecule has 1 aromatic carbocycles. The minimum Gasteiger partial charge on any atom is -0.395 e. The lowest BCUT2D eigenvalue weighted by molar-refractivity contribution is -0.135. The molecule has 1 heterocycles. The van der Waals surface area contributed by atoms with Gasteiger partial charge in [-0.1, -0.05) is 24.3 Å². The maximum absolute atomic E-state index is 12.7. The third-order valence-electron chi connectivity index (χ3n) is 3.60. The van der Waals surface area contributed by atoms with E-state index in [0.717, 1.165) is 18.5 Å². The summed E-state index contributed by atoms with van der Waals surface area (Å²) in [6.45, 7) is 2.06. The Hall–Kier alpha value is -1.43. The number of carbonyl (C=O) groups is 1. The number of hydrogen-bond donors (Lipinski definition) is 2. The second kappa shape index (κ2) is 7.38. The molecule has 1 aliphatic rings. The number of aliphatic hydroxyl groups is 1.